The molecule has 4 N–H and O–H groups in total. The number of rotatable bonds is 16. The SMILES string of the molecule is O=C(O)Cc1ccc(OCCOc2c(C(=O)Nc3c(F)cccc3F)sc3ccccc23)cc1.O=C(O)c1ccc(COc2c(C(=O)NCC3CCCCC3)sc3ccccc23)cc1. The number of aromatic carboxylic acids is 1. The van der Waals surface area contributed by atoms with Crippen LogP contribution in [0.4, 0.5) is 14.5 Å². The van der Waals surface area contributed by atoms with Crippen LogP contribution in [-0.2, 0) is 17.8 Å². The third-order valence-electron chi connectivity index (χ3n) is 10.5. The van der Waals surface area contributed by atoms with Crippen LogP contribution < -0.4 is 24.8 Å². The summed E-state index contributed by atoms with van der Waals surface area (Å²) < 4.78 is 47.4. The minimum Gasteiger partial charge on any atom is -0.490 e. The van der Waals surface area contributed by atoms with Crippen LogP contribution in [0.5, 0.6) is 17.2 Å². The van der Waals surface area contributed by atoms with Gasteiger partial charge in [0.25, 0.3) is 11.8 Å². The molecule has 64 heavy (non-hydrogen) atoms. The molecular weight excluding hydrogens is 863 g/mol. The molecule has 1 aliphatic carbocycles. The Kier molecular flexibility index (Phi) is 15.2. The topological polar surface area (TPSA) is 160 Å². The fourth-order valence-corrected chi connectivity index (χ4v) is 9.31. The van der Waals surface area contributed by atoms with Gasteiger partial charge in [-0.25, -0.2) is 13.6 Å². The van der Waals surface area contributed by atoms with Crippen LogP contribution in [0.25, 0.3) is 20.2 Å². The number of para-hydroxylation sites is 1. The minimum atomic E-state index is -0.955. The van der Waals surface area contributed by atoms with E-state index in [1.165, 1.54) is 49.5 Å². The first-order chi connectivity index (χ1) is 31.0. The van der Waals surface area contributed by atoms with Crippen LogP contribution in [0, 0.1) is 17.6 Å². The highest BCUT2D eigenvalue weighted by atomic mass is 32.1. The molecule has 0 atom stereocenters. The maximum absolute atomic E-state index is 14.0. The third-order valence-corrected chi connectivity index (χ3v) is 12.8. The van der Waals surface area contributed by atoms with Crippen LogP contribution in [0.3, 0.4) is 0 Å². The number of thiophene rings is 2. The lowest BCUT2D eigenvalue weighted by Gasteiger charge is -2.21. The number of hydrogen-bond donors (Lipinski definition) is 4. The molecule has 1 saturated carbocycles. The van der Waals surface area contributed by atoms with Crippen LogP contribution in [-0.4, -0.2) is 53.7 Å². The van der Waals surface area contributed by atoms with Gasteiger partial charge in [-0.1, -0.05) is 73.9 Å². The van der Waals surface area contributed by atoms with Crippen LogP contribution >= 0.6 is 22.7 Å². The van der Waals surface area contributed by atoms with E-state index in [9.17, 15) is 28.0 Å². The van der Waals surface area contributed by atoms with E-state index in [1.54, 1.807) is 60.7 Å². The summed E-state index contributed by atoms with van der Waals surface area (Å²) in [5.74, 6) is -2.39. The summed E-state index contributed by atoms with van der Waals surface area (Å²) >= 11 is 2.60. The molecule has 2 aromatic heterocycles. The molecular formula is C49H44F2N2O9S2. The molecule has 0 unspecified atom stereocenters. The van der Waals surface area contributed by atoms with Crippen molar-refractivity contribution in [2.45, 2.75) is 45.1 Å². The largest absolute Gasteiger partial charge is 0.490 e. The molecule has 330 valence electrons. The van der Waals surface area contributed by atoms with Crippen LogP contribution in [0.1, 0.15) is 72.9 Å². The van der Waals surface area contributed by atoms with E-state index in [0.29, 0.717) is 45.5 Å². The number of carbonyl (C=O) groups is 4. The van der Waals surface area contributed by atoms with E-state index >= 15 is 0 Å². The van der Waals surface area contributed by atoms with Crippen molar-refractivity contribution in [2.75, 3.05) is 25.1 Å². The molecule has 1 fully saturated rings. The fraction of sp³-hybridized carbons (Fsp3) is 0.224. The highest BCUT2D eigenvalue weighted by Crippen LogP contribution is 2.40. The van der Waals surface area contributed by atoms with Gasteiger partial charge in [-0.15, -0.1) is 22.7 Å². The number of hydrogen-bond acceptors (Lipinski definition) is 9. The molecule has 15 heteroatoms. The number of ether oxygens (including phenoxy) is 3. The first-order valence-electron chi connectivity index (χ1n) is 20.6. The minimum absolute atomic E-state index is 0.0732. The van der Waals surface area contributed by atoms with E-state index < -0.39 is 35.2 Å². The Morgan fingerprint density at radius 3 is 1.80 bits per heavy atom. The Bertz CT molecular complexity index is 2730. The maximum Gasteiger partial charge on any atom is 0.335 e. The summed E-state index contributed by atoms with van der Waals surface area (Å²) in [4.78, 5) is 48.4. The maximum atomic E-state index is 14.0. The normalized spacial score (nSPS) is 12.5. The lowest BCUT2D eigenvalue weighted by Crippen LogP contribution is -2.30. The zero-order valence-corrected chi connectivity index (χ0v) is 36.1. The quantitative estimate of drug-likeness (QED) is 0.0692. The molecule has 11 nitrogen and oxygen atoms in total. The van der Waals surface area contributed by atoms with Gasteiger partial charge in [-0.3, -0.25) is 14.4 Å². The Balaban J connectivity index is 0.000000193. The van der Waals surface area contributed by atoms with Crippen molar-refractivity contribution in [3.8, 4) is 17.2 Å². The number of carbonyl (C=O) groups excluding carboxylic acids is 2. The van der Waals surface area contributed by atoms with Gasteiger partial charge in [0.15, 0.2) is 11.5 Å². The van der Waals surface area contributed by atoms with E-state index in [0.717, 1.165) is 43.8 Å². The summed E-state index contributed by atoms with van der Waals surface area (Å²) in [7, 11) is 0. The number of amides is 2. The van der Waals surface area contributed by atoms with E-state index in [4.69, 9.17) is 24.4 Å². The Morgan fingerprint density at radius 1 is 0.625 bits per heavy atom. The van der Waals surface area contributed by atoms with Crippen molar-refractivity contribution in [1.29, 1.82) is 0 Å². The number of halogens is 2. The summed E-state index contributed by atoms with van der Waals surface area (Å²) in [6.45, 7) is 1.24. The molecule has 0 spiro atoms. The molecule has 0 aliphatic heterocycles. The van der Waals surface area contributed by atoms with Gasteiger partial charge in [0.2, 0.25) is 0 Å². The van der Waals surface area contributed by atoms with Crippen molar-refractivity contribution in [2.24, 2.45) is 5.92 Å². The molecule has 7 aromatic rings. The summed E-state index contributed by atoms with van der Waals surface area (Å²) in [5.41, 5.74) is 1.22. The molecule has 2 heterocycles. The van der Waals surface area contributed by atoms with E-state index in [-0.39, 0.29) is 42.6 Å². The second-order valence-corrected chi connectivity index (χ2v) is 17.1. The first-order valence-corrected chi connectivity index (χ1v) is 22.2. The fourth-order valence-electron chi connectivity index (χ4n) is 7.21. The Morgan fingerprint density at radius 2 is 1.19 bits per heavy atom. The Labute approximate surface area is 375 Å². The zero-order chi connectivity index (χ0) is 45.0. The average Bonchev–Trinajstić information content (AvgIpc) is 3.87. The predicted molar refractivity (Wildman–Crippen MR) is 243 cm³/mol. The summed E-state index contributed by atoms with van der Waals surface area (Å²) in [5, 5.41) is 24.9. The lowest BCUT2D eigenvalue weighted by molar-refractivity contribution is -0.136. The monoisotopic (exact) mass is 906 g/mol. The number of nitrogens with one attached hydrogen (secondary N) is 2. The number of fused-ring (bicyclic) bond motifs is 2. The second kappa shape index (κ2) is 21.5. The lowest BCUT2D eigenvalue weighted by atomic mass is 9.89. The zero-order valence-electron chi connectivity index (χ0n) is 34.4. The summed E-state index contributed by atoms with van der Waals surface area (Å²) in [6, 6.07) is 31.7. The summed E-state index contributed by atoms with van der Waals surface area (Å²) in [6.07, 6.45) is 6.09. The van der Waals surface area contributed by atoms with Gasteiger partial charge >= 0.3 is 11.9 Å². The molecule has 8 rings (SSSR count). The van der Waals surface area contributed by atoms with Crippen molar-refractivity contribution in [3.63, 3.8) is 0 Å². The molecule has 0 bridgehead atoms. The smallest absolute Gasteiger partial charge is 0.335 e. The van der Waals surface area contributed by atoms with Gasteiger partial charge in [0.1, 0.15) is 52.6 Å². The average molecular weight is 907 g/mol. The van der Waals surface area contributed by atoms with Gasteiger partial charge in [0, 0.05) is 26.7 Å². The molecule has 5 aromatic carbocycles. The molecule has 1 aliphatic rings. The van der Waals surface area contributed by atoms with E-state index in [2.05, 4.69) is 10.6 Å². The van der Waals surface area contributed by atoms with E-state index in [1.807, 2.05) is 36.4 Å². The predicted octanol–water partition coefficient (Wildman–Crippen LogP) is 11.0. The van der Waals surface area contributed by atoms with Gasteiger partial charge in [-0.05, 0) is 90.6 Å². The van der Waals surface area contributed by atoms with Crippen molar-refractivity contribution >= 4 is 72.3 Å². The molecule has 0 saturated heterocycles. The Hall–Kier alpha value is -6.84. The number of carboxylic acid groups (broad SMARTS) is 2. The van der Waals surface area contributed by atoms with Gasteiger partial charge < -0.3 is 35.1 Å². The number of aliphatic carboxylic acids is 1. The first kappa shape index (κ1) is 45.2. The number of carboxylic acids is 2. The standard InChI is InChI=1S/C25H19F2NO5S.C24H25NO4S/c26-18-5-3-6-19(27)22(18)28-25(31)24-23(17-4-1-2-7-20(17)34-24)33-13-12-32-16-10-8-15(9-11-16)14-21(29)30;26-23(25-14-16-6-2-1-3-7-16)22-21(19-8-4-5-9-20(19)30-22)29-15-17-10-12-18(13-11-17)24(27)28/h1-11H,12-14H2,(H,28,31)(H,29,30);4-5,8-13,16H,1-3,6-7,14-15H2,(H,25,26)(H,27,28). The number of anilines is 1. The van der Waals surface area contributed by atoms with Crippen LogP contribution in [0.15, 0.2) is 115 Å². The highest BCUT2D eigenvalue weighted by molar-refractivity contribution is 7.21. The van der Waals surface area contributed by atoms with Crippen molar-refractivity contribution < 1.29 is 52.4 Å². The number of benzene rings is 5. The van der Waals surface area contributed by atoms with Crippen molar-refractivity contribution in [1.82, 2.24) is 5.32 Å². The third kappa shape index (κ3) is 11.6. The highest BCUT2D eigenvalue weighted by Gasteiger charge is 2.24. The molecule has 0 radical (unpaired) electrons. The second-order valence-electron chi connectivity index (χ2n) is 15.0. The molecule has 2 amide bonds. The van der Waals surface area contributed by atoms with Crippen molar-refractivity contribution in [3.05, 3.63) is 153 Å². The van der Waals surface area contributed by atoms with Gasteiger partial charge in [-0.2, -0.15) is 0 Å². The van der Waals surface area contributed by atoms with Gasteiger partial charge in [0.05, 0.1) is 12.0 Å². The van der Waals surface area contributed by atoms with Crippen LogP contribution in [0.2, 0.25) is 0 Å².